The van der Waals surface area contributed by atoms with Crippen molar-refractivity contribution in [3.63, 3.8) is 0 Å². The van der Waals surface area contributed by atoms with E-state index in [4.69, 9.17) is 23.8 Å². The Bertz CT molecular complexity index is 907. The molecule has 8 heteroatoms. The summed E-state index contributed by atoms with van der Waals surface area (Å²) in [5.41, 5.74) is 1.29. The molecule has 1 fully saturated rings. The van der Waals surface area contributed by atoms with E-state index in [9.17, 15) is 9.59 Å². The van der Waals surface area contributed by atoms with Crippen molar-refractivity contribution < 1.29 is 9.59 Å². The van der Waals surface area contributed by atoms with Crippen LogP contribution in [0.25, 0.3) is 6.08 Å². The van der Waals surface area contributed by atoms with Crippen molar-refractivity contribution in [3.8, 4) is 0 Å². The van der Waals surface area contributed by atoms with E-state index < -0.39 is 11.8 Å². The number of thiocarbonyl (C=S) groups is 1. The number of carbonyl (C=O) groups excluding carboxylic acids is 2. The molecule has 1 aliphatic heterocycles. The van der Waals surface area contributed by atoms with Crippen molar-refractivity contribution in [2.75, 3.05) is 4.90 Å². The fraction of sp³-hybridized carbons (Fsp3) is 0.0625. The zero-order valence-corrected chi connectivity index (χ0v) is 16.3. The van der Waals surface area contributed by atoms with Gasteiger partial charge in [0.15, 0.2) is 5.11 Å². The number of nitrogens with one attached hydrogen (secondary N) is 1. The fourth-order valence-electron chi connectivity index (χ4n) is 2.26. The van der Waals surface area contributed by atoms with Gasteiger partial charge in [0.05, 0.1) is 5.69 Å². The lowest BCUT2D eigenvalue weighted by atomic mass is 10.1. The standard InChI is InChI=1S/C16H10BrClN2O2S2/c1-8-12(18)3-2-4-13(8)20-15(22)11(14(21)19-16(20)23)6-10-5-9(17)7-24-10/h2-7H,1H3,(H,19,21,23)/b11-6+. The lowest BCUT2D eigenvalue weighted by molar-refractivity contribution is -0.122. The highest BCUT2D eigenvalue weighted by Gasteiger charge is 2.35. The molecule has 1 aromatic carbocycles. The average molecular weight is 442 g/mol. The Labute approximate surface area is 161 Å². The molecule has 122 valence electrons. The van der Waals surface area contributed by atoms with Gasteiger partial charge in [-0.15, -0.1) is 11.3 Å². The summed E-state index contributed by atoms with van der Waals surface area (Å²) in [4.78, 5) is 27.2. The van der Waals surface area contributed by atoms with Gasteiger partial charge in [-0.05, 0) is 64.9 Å². The van der Waals surface area contributed by atoms with Gasteiger partial charge in [0.25, 0.3) is 11.8 Å². The highest BCUT2D eigenvalue weighted by atomic mass is 79.9. The SMILES string of the molecule is Cc1c(Cl)cccc1N1C(=O)/C(=C/c2cc(Br)cs2)C(=O)NC1=S. The maximum atomic E-state index is 12.9. The lowest BCUT2D eigenvalue weighted by Gasteiger charge is -2.30. The Morgan fingerprint density at radius 3 is 2.79 bits per heavy atom. The van der Waals surface area contributed by atoms with E-state index in [1.54, 1.807) is 31.2 Å². The monoisotopic (exact) mass is 440 g/mol. The van der Waals surface area contributed by atoms with Crippen LogP contribution in [0.15, 0.2) is 39.7 Å². The Kier molecular flexibility index (Phi) is 4.87. The van der Waals surface area contributed by atoms with Gasteiger partial charge in [-0.25, -0.2) is 0 Å². The molecule has 1 aromatic heterocycles. The molecule has 0 saturated carbocycles. The van der Waals surface area contributed by atoms with Gasteiger partial charge in [0.2, 0.25) is 0 Å². The third-order valence-corrected chi connectivity index (χ3v) is 5.79. The molecule has 0 aliphatic carbocycles. The minimum atomic E-state index is -0.509. The van der Waals surface area contributed by atoms with E-state index in [1.807, 2.05) is 11.4 Å². The smallest absolute Gasteiger partial charge is 0.270 e. The third kappa shape index (κ3) is 3.17. The minimum absolute atomic E-state index is 0.0253. The van der Waals surface area contributed by atoms with Crippen LogP contribution in [0.1, 0.15) is 10.4 Å². The number of halogens is 2. The summed E-state index contributed by atoms with van der Waals surface area (Å²) in [7, 11) is 0. The van der Waals surface area contributed by atoms with Crippen LogP contribution in [0.5, 0.6) is 0 Å². The first-order valence-electron chi connectivity index (χ1n) is 6.79. The lowest BCUT2D eigenvalue weighted by Crippen LogP contribution is -2.54. The van der Waals surface area contributed by atoms with Gasteiger partial charge < -0.3 is 0 Å². The normalized spacial score (nSPS) is 16.7. The molecule has 2 heterocycles. The van der Waals surface area contributed by atoms with Crippen molar-refractivity contribution >= 4 is 79.8 Å². The van der Waals surface area contributed by atoms with Crippen molar-refractivity contribution in [2.45, 2.75) is 6.92 Å². The molecule has 1 N–H and O–H groups in total. The van der Waals surface area contributed by atoms with Crippen LogP contribution in [0, 0.1) is 6.92 Å². The first-order valence-corrected chi connectivity index (χ1v) is 9.25. The Morgan fingerprint density at radius 1 is 1.38 bits per heavy atom. The summed E-state index contributed by atoms with van der Waals surface area (Å²) in [6.45, 7) is 1.80. The number of hydrogen-bond donors (Lipinski definition) is 1. The molecule has 0 bridgehead atoms. The second-order valence-electron chi connectivity index (χ2n) is 5.01. The van der Waals surface area contributed by atoms with Gasteiger partial charge >= 0.3 is 0 Å². The maximum absolute atomic E-state index is 12.9. The minimum Gasteiger partial charge on any atom is -0.298 e. The number of hydrogen-bond acceptors (Lipinski definition) is 4. The zero-order valence-electron chi connectivity index (χ0n) is 12.3. The molecule has 24 heavy (non-hydrogen) atoms. The number of amides is 2. The largest absolute Gasteiger partial charge is 0.298 e. The molecule has 1 saturated heterocycles. The van der Waals surface area contributed by atoms with E-state index in [0.717, 1.165) is 9.35 Å². The van der Waals surface area contributed by atoms with E-state index in [0.29, 0.717) is 16.3 Å². The van der Waals surface area contributed by atoms with Crippen LogP contribution in [0.2, 0.25) is 5.02 Å². The third-order valence-electron chi connectivity index (χ3n) is 3.46. The summed E-state index contributed by atoms with van der Waals surface area (Å²) < 4.78 is 0.890. The maximum Gasteiger partial charge on any atom is 0.270 e. The molecule has 1 aliphatic rings. The predicted octanol–water partition coefficient (Wildman–Crippen LogP) is 4.30. The first-order chi connectivity index (χ1) is 11.4. The Morgan fingerprint density at radius 2 is 2.12 bits per heavy atom. The molecule has 2 aromatic rings. The van der Waals surface area contributed by atoms with Crippen LogP contribution in [-0.4, -0.2) is 16.9 Å². The highest BCUT2D eigenvalue weighted by Crippen LogP contribution is 2.30. The summed E-state index contributed by atoms with van der Waals surface area (Å²) in [5.74, 6) is -0.982. The van der Waals surface area contributed by atoms with E-state index in [-0.39, 0.29) is 10.7 Å². The van der Waals surface area contributed by atoms with Gasteiger partial charge in [0, 0.05) is 19.8 Å². The topological polar surface area (TPSA) is 49.4 Å². The number of benzene rings is 1. The number of nitrogens with zero attached hydrogens (tertiary/aromatic N) is 1. The van der Waals surface area contributed by atoms with Crippen molar-refractivity contribution in [1.82, 2.24) is 5.32 Å². The van der Waals surface area contributed by atoms with Crippen LogP contribution < -0.4 is 10.2 Å². The highest BCUT2D eigenvalue weighted by molar-refractivity contribution is 9.10. The molecule has 0 spiro atoms. The molecule has 0 atom stereocenters. The molecule has 2 amide bonds. The van der Waals surface area contributed by atoms with Gasteiger partial charge in [-0.2, -0.15) is 0 Å². The number of thiophene rings is 1. The predicted molar refractivity (Wildman–Crippen MR) is 104 cm³/mol. The van der Waals surface area contributed by atoms with E-state index in [2.05, 4.69) is 21.2 Å². The Hall–Kier alpha value is -1.54. The van der Waals surface area contributed by atoms with Crippen LogP contribution in [-0.2, 0) is 9.59 Å². The summed E-state index contributed by atoms with van der Waals surface area (Å²) in [5, 5.41) is 5.00. The summed E-state index contributed by atoms with van der Waals surface area (Å²) >= 11 is 16.1. The molecular formula is C16H10BrClN2O2S2. The zero-order chi connectivity index (χ0) is 17.4. The fourth-order valence-corrected chi connectivity index (χ4v) is 4.08. The van der Waals surface area contributed by atoms with Crippen LogP contribution in [0.3, 0.4) is 0 Å². The number of anilines is 1. The number of rotatable bonds is 2. The molecular weight excluding hydrogens is 432 g/mol. The quantitative estimate of drug-likeness (QED) is 0.429. The van der Waals surface area contributed by atoms with Crippen LogP contribution in [0.4, 0.5) is 5.69 Å². The summed E-state index contributed by atoms with van der Waals surface area (Å²) in [6, 6.07) is 7.04. The van der Waals surface area contributed by atoms with Gasteiger partial charge in [-0.1, -0.05) is 17.7 Å². The van der Waals surface area contributed by atoms with Crippen molar-refractivity contribution in [1.29, 1.82) is 0 Å². The number of carbonyl (C=O) groups is 2. The molecule has 0 radical (unpaired) electrons. The first kappa shape index (κ1) is 17.3. The van der Waals surface area contributed by atoms with Crippen molar-refractivity contribution in [2.24, 2.45) is 0 Å². The second-order valence-corrected chi connectivity index (χ2v) is 7.66. The van der Waals surface area contributed by atoms with Crippen LogP contribution >= 0.6 is 51.1 Å². The molecule has 0 unspecified atom stereocenters. The Balaban J connectivity index is 2.06. The average Bonchev–Trinajstić information content (AvgIpc) is 2.93. The molecule has 3 rings (SSSR count). The van der Waals surface area contributed by atoms with Crippen molar-refractivity contribution in [3.05, 3.63) is 55.2 Å². The summed E-state index contributed by atoms with van der Waals surface area (Å²) in [6.07, 6.45) is 1.56. The van der Waals surface area contributed by atoms with Gasteiger partial charge in [0.1, 0.15) is 5.57 Å². The van der Waals surface area contributed by atoms with E-state index >= 15 is 0 Å². The van der Waals surface area contributed by atoms with E-state index in [1.165, 1.54) is 16.2 Å². The van der Waals surface area contributed by atoms with Gasteiger partial charge in [-0.3, -0.25) is 19.8 Å². The molecule has 4 nitrogen and oxygen atoms in total. The second kappa shape index (κ2) is 6.76.